The zero-order chi connectivity index (χ0) is 21.1. The standard InChI is InChI=1S/C22H26N2O5S/c1-16-6-8-19(9-7-16)30(26,27)24-12-10-17(11-13-24)22(25)23-14-18-15-28-20-4-2-3-5-21(20)29-18/h2-9,17-18H,10-15H2,1H3,(H,23,25). The Balaban J connectivity index is 1.27. The monoisotopic (exact) mass is 430 g/mol. The summed E-state index contributed by atoms with van der Waals surface area (Å²) in [5.41, 5.74) is 1.01. The summed E-state index contributed by atoms with van der Waals surface area (Å²) in [6.07, 6.45) is 0.759. The van der Waals surface area contributed by atoms with Crippen LogP contribution in [0.5, 0.6) is 11.5 Å². The van der Waals surface area contributed by atoms with Gasteiger partial charge < -0.3 is 14.8 Å². The predicted molar refractivity (Wildman–Crippen MR) is 112 cm³/mol. The lowest BCUT2D eigenvalue weighted by atomic mass is 9.97. The summed E-state index contributed by atoms with van der Waals surface area (Å²) in [5.74, 6) is 1.12. The second kappa shape index (κ2) is 8.65. The number of carbonyl (C=O) groups is 1. The lowest BCUT2D eigenvalue weighted by Gasteiger charge is -2.31. The van der Waals surface area contributed by atoms with E-state index in [-0.39, 0.29) is 17.9 Å². The molecule has 7 nitrogen and oxygen atoms in total. The van der Waals surface area contributed by atoms with Gasteiger partial charge in [0.25, 0.3) is 0 Å². The fourth-order valence-corrected chi connectivity index (χ4v) is 5.21. The van der Waals surface area contributed by atoms with Crippen LogP contribution in [0.15, 0.2) is 53.4 Å². The molecule has 1 saturated heterocycles. The summed E-state index contributed by atoms with van der Waals surface area (Å²) in [5, 5.41) is 2.93. The first-order chi connectivity index (χ1) is 14.4. The minimum absolute atomic E-state index is 0.0650. The molecule has 8 heteroatoms. The van der Waals surface area contributed by atoms with Crippen LogP contribution < -0.4 is 14.8 Å². The SMILES string of the molecule is Cc1ccc(S(=O)(=O)N2CCC(C(=O)NCC3COc4ccccc4O3)CC2)cc1. The van der Waals surface area contributed by atoms with Crippen LogP contribution >= 0.6 is 0 Å². The lowest BCUT2D eigenvalue weighted by Crippen LogP contribution is -2.46. The average molecular weight is 431 g/mol. The van der Waals surface area contributed by atoms with E-state index in [1.54, 1.807) is 24.3 Å². The van der Waals surface area contributed by atoms with Gasteiger partial charge in [-0.2, -0.15) is 4.31 Å². The number of benzene rings is 2. The maximum Gasteiger partial charge on any atom is 0.243 e. The number of aryl methyl sites for hydroxylation is 1. The Kier molecular flexibility index (Phi) is 5.97. The Bertz CT molecular complexity index is 998. The number of amides is 1. The Hall–Kier alpha value is -2.58. The molecule has 2 heterocycles. The number of hydrogen-bond acceptors (Lipinski definition) is 5. The largest absolute Gasteiger partial charge is 0.486 e. The molecule has 1 atom stereocenters. The van der Waals surface area contributed by atoms with Crippen LogP contribution in [0, 0.1) is 12.8 Å². The minimum atomic E-state index is -3.52. The molecule has 0 saturated carbocycles. The van der Waals surface area contributed by atoms with E-state index in [2.05, 4.69) is 5.32 Å². The molecule has 2 aliphatic heterocycles. The number of nitrogens with one attached hydrogen (secondary N) is 1. The van der Waals surface area contributed by atoms with Crippen molar-refractivity contribution in [1.29, 1.82) is 0 Å². The normalized spacial score (nSPS) is 20.0. The molecule has 1 fully saturated rings. The summed E-state index contributed by atoms with van der Waals surface area (Å²) in [6, 6.07) is 14.3. The first-order valence-corrected chi connectivity index (χ1v) is 11.6. The van der Waals surface area contributed by atoms with Crippen LogP contribution in [0.3, 0.4) is 0 Å². The van der Waals surface area contributed by atoms with Crippen molar-refractivity contribution in [3.8, 4) is 11.5 Å². The van der Waals surface area contributed by atoms with E-state index in [4.69, 9.17) is 9.47 Å². The van der Waals surface area contributed by atoms with Crippen molar-refractivity contribution in [1.82, 2.24) is 9.62 Å². The molecule has 1 unspecified atom stereocenters. The van der Waals surface area contributed by atoms with Crippen molar-refractivity contribution in [3.05, 3.63) is 54.1 Å². The highest BCUT2D eigenvalue weighted by Crippen LogP contribution is 2.30. The van der Waals surface area contributed by atoms with Gasteiger partial charge >= 0.3 is 0 Å². The summed E-state index contributed by atoms with van der Waals surface area (Å²) < 4.78 is 38.6. The molecule has 1 amide bonds. The molecule has 4 rings (SSSR count). The topological polar surface area (TPSA) is 84.9 Å². The third kappa shape index (κ3) is 4.44. The van der Waals surface area contributed by atoms with Gasteiger partial charge in [-0.05, 0) is 44.0 Å². The Morgan fingerprint density at radius 3 is 2.43 bits per heavy atom. The van der Waals surface area contributed by atoms with E-state index in [0.29, 0.717) is 55.5 Å². The van der Waals surface area contributed by atoms with Gasteiger partial charge in [-0.1, -0.05) is 29.8 Å². The lowest BCUT2D eigenvalue weighted by molar-refractivity contribution is -0.126. The van der Waals surface area contributed by atoms with E-state index in [1.165, 1.54) is 4.31 Å². The summed E-state index contributed by atoms with van der Waals surface area (Å²) in [6.45, 7) is 3.33. The second-order valence-corrected chi connectivity index (χ2v) is 9.67. The number of carbonyl (C=O) groups excluding carboxylic acids is 1. The third-order valence-electron chi connectivity index (χ3n) is 5.55. The van der Waals surface area contributed by atoms with Gasteiger partial charge in [0, 0.05) is 19.0 Å². The van der Waals surface area contributed by atoms with Gasteiger partial charge in [0.15, 0.2) is 11.5 Å². The summed E-state index contributed by atoms with van der Waals surface area (Å²) in [7, 11) is -3.52. The third-order valence-corrected chi connectivity index (χ3v) is 7.47. The molecule has 1 N–H and O–H groups in total. The minimum Gasteiger partial charge on any atom is -0.486 e. The van der Waals surface area contributed by atoms with Crippen LogP contribution in [0.25, 0.3) is 0 Å². The first kappa shape index (κ1) is 20.7. The van der Waals surface area contributed by atoms with Crippen LogP contribution in [-0.2, 0) is 14.8 Å². The molecule has 0 bridgehead atoms. The van der Waals surface area contributed by atoms with Crippen LogP contribution in [0.2, 0.25) is 0 Å². The molecule has 2 aromatic rings. The number of nitrogens with zero attached hydrogens (tertiary/aromatic N) is 1. The Morgan fingerprint density at radius 1 is 1.07 bits per heavy atom. The van der Waals surface area contributed by atoms with Crippen molar-refractivity contribution in [2.24, 2.45) is 5.92 Å². The Morgan fingerprint density at radius 2 is 1.73 bits per heavy atom. The first-order valence-electron chi connectivity index (χ1n) is 10.2. The number of rotatable bonds is 5. The van der Waals surface area contributed by atoms with Crippen molar-refractivity contribution < 1.29 is 22.7 Å². The fourth-order valence-electron chi connectivity index (χ4n) is 3.74. The number of piperidine rings is 1. The predicted octanol–water partition coefficient (Wildman–Crippen LogP) is 2.35. The summed E-state index contributed by atoms with van der Waals surface area (Å²) >= 11 is 0. The van der Waals surface area contributed by atoms with Crippen LogP contribution in [0.4, 0.5) is 0 Å². The van der Waals surface area contributed by atoms with Crippen molar-refractivity contribution in [2.45, 2.75) is 30.8 Å². The highest BCUT2D eigenvalue weighted by atomic mass is 32.2. The number of ether oxygens (including phenoxy) is 2. The van der Waals surface area contributed by atoms with E-state index >= 15 is 0 Å². The molecular formula is C22H26N2O5S. The van der Waals surface area contributed by atoms with E-state index in [1.807, 2.05) is 31.2 Å². The zero-order valence-corrected chi connectivity index (χ0v) is 17.7. The second-order valence-electron chi connectivity index (χ2n) is 7.73. The van der Waals surface area contributed by atoms with Gasteiger partial charge in [0.1, 0.15) is 12.7 Å². The molecule has 160 valence electrons. The van der Waals surface area contributed by atoms with Crippen molar-refractivity contribution in [2.75, 3.05) is 26.2 Å². The molecule has 0 spiro atoms. The molecule has 0 aromatic heterocycles. The maximum absolute atomic E-state index is 12.8. The number of sulfonamides is 1. The van der Waals surface area contributed by atoms with E-state index in [9.17, 15) is 13.2 Å². The van der Waals surface area contributed by atoms with E-state index in [0.717, 1.165) is 5.56 Å². The zero-order valence-electron chi connectivity index (χ0n) is 16.9. The van der Waals surface area contributed by atoms with Gasteiger partial charge in [0.05, 0.1) is 11.4 Å². The highest BCUT2D eigenvalue weighted by molar-refractivity contribution is 7.89. The molecule has 0 aliphatic carbocycles. The van der Waals surface area contributed by atoms with Gasteiger partial charge in [-0.25, -0.2) is 8.42 Å². The molecule has 2 aromatic carbocycles. The maximum atomic E-state index is 12.8. The number of hydrogen-bond donors (Lipinski definition) is 1. The fraction of sp³-hybridized carbons (Fsp3) is 0.409. The Labute approximate surface area is 177 Å². The average Bonchev–Trinajstić information content (AvgIpc) is 2.77. The van der Waals surface area contributed by atoms with Gasteiger partial charge in [-0.3, -0.25) is 4.79 Å². The summed E-state index contributed by atoms with van der Waals surface area (Å²) in [4.78, 5) is 12.9. The molecule has 0 radical (unpaired) electrons. The van der Waals surface area contributed by atoms with Crippen LogP contribution in [0.1, 0.15) is 18.4 Å². The highest BCUT2D eigenvalue weighted by Gasteiger charge is 2.32. The van der Waals surface area contributed by atoms with E-state index < -0.39 is 10.0 Å². The molecule has 2 aliphatic rings. The smallest absolute Gasteiger partial charge is 0.243 e. The molecular weight excluding hydrogens is 404 g/mol. The van der Waals surface area contributed by atoms with Crippen molar-refractivity contribution >= 4 is 15.9 Å². The number of fused-ring (bicyclic) bond motifs is 1. The van der Waals surface area contributed by atoms with Crippen LogP contribution in [-0.4, -0.2) is 51.0 Å². The molecule has 30 heavy (non-hydrogen) atoms. The number of para-hydroxylation sites is 2. The van der Waals surface area contributed by atoms with Gasteiger partial charge in [0.2, 0.25) is 15.9 Å². The van der Waals surface area contributed by atoms with Crippen molar-refractivity contribution in [3.63, 3.8) is 0 Å². The van der Waals surface area contributed by atoms with Gasteiger partial charge in [-0.15, -0.1) is 0 Å². The quantitative estimate of drug-likeness (QED) is 0.787.